The van der Waals surface area contributed by atoms with Gasteiger partial charge in [-0.15, -0.1) is 0 Å². The van der Waals surface area contributed by atoms with E-state index in [0.29, 0.717) is 0 Å². The fourth-order valence-electron chi connectivity index (χ4n) is 2.03. The van der Waals surface area contributed by atoms with Gasteiger partial charge in [-0.1, -0.05) is 26.2 Å². The molecule has 0 radical (unpaired) electrons. The quantitative estimate of drug-likeness (QED) is 0.653. The van der Waals surface area contributed by atoms with E-state index >= 15 is 0 Å². The Morgan fingerprint density at radius 3 is 2.64 bits per heavy atom. The second-order valence-corrected chi connectivity index (χ2v) is 5.48. The largest absolute Gasteiger partial charge is 0.314 e. The van der Waals surface area contributed by atoms with Crippen molar-refractivity contribution >= 4 is 11.8 Å². The standard InChI is InChI=1S/C12H25NS/c1-2-10-14-11-6-9-13-12-7-4-3-5-8-12/h12-13H,2-11H2,1H3. The van der Waals surface area contributed by atoms with Crippen molar-refractivity contribution in [3.63, 3.8) is 0 Å². The molecule has 14 heavy (non-hydrogen) atoms. The van der Waals surface area contributed by atoms with Crippen molar-refractivity contribution in [1.82, 2.24) is 5.32 Å². The van der Waals surface area contributed by atoms with Crippen LogP contribution in [0.3, 0.4) is 0 Å². The van der Waals surface area contributed by atoms with Gasteiger partial charge in [0.1, 0.15) is 0 Å². The molecule has 1 fully saturated rings. The molecule has 0 aromatic rings. The van der Waals surface area contributed by atoms with Gasteiger partial charge in [0.15, 0.2) is 0 Å². The zero-order valence-corrected chi connectivity index (χ0v) is 10.4. The molecule has 0 atom stereocenters. The van der Waals surface area contributed by atoms with Gasteiger partial charge in [-0.3, -0.25) is 0 Å². The number of thioether (sulfide) groups is 1. The highest BCUT2D eigenvalue weighted by atomic mass is 32.2. The highest BCUT2D eigenvalue weighted by molar-refractivity contribution is 7.99. The predicted octanol–water partition coefficient (Wildman–Crippen LogP) is 3.44. The Morgan fingerprint density at radius 1 is 1.14 bits per heavy atom. The van der Waals surface area contributed by atoms with Crippen LogP contribution in [0.25, 0.3) is 0 Å². The molecule has 0 bridgehead atoms. The van der Waals surface area contributed by atoms with Crippen LogP contribution in [0.15, 0.2) is 0 Å². The average Bonchev–Trinajstić information content (AvgIpc) is 2.25. The van der Waals surface area contributed by atoms with Crippen molar-refractivity contribution in [2.45, 2.75) is 57.9 Å². The lowest BCUT2D eigenvalue weighted by molar-refractivity contribution is 0.375. The first-order valence-corrected chi connectivity index (χ1v) is 7.40. The Kier molecular flexibility index (Phi) is 7.61. The zero-order chi connectivity index (χ0) is 10.1. The molecule has 1 nitrogen and oxygen atoms in total. The van der Waals surface area contributed by atoms with Gasteiger partial charge in [0.05, 0.1) is 0 Å². The van der Waals surface area contributed by atoms with Gasteiger partial charge in [-0.25, -0.2) is 0 Å². The van der Waals surface area contributed by atoms with Crippen molar-refractivity contribution in [3.05, 3.63) is 0 Å². The summed E-state index contributed by atoms with van der Waals surface area (Å²) in [7, 11) is 0. The van der Waals surface area contributed by atoms with Gasteiger partial charge < -0.3 is 5.32 Å². The molecule has 1 N–H and O–H groups in total. The van der Waals surface area contributed by atoms with Crippen LogP contribution in [0.4, 0.5) is 0 Å². The highest BCUT2D eigenvalue weighted by Gasteiger charge is 2.11. The second kappa shape index (κ2) is 8.60. The van der Waals surface area contributed by atoms with Crippen LogP contribution >= 0.6 is 11.8 Å². The molecule has 0 aromatic heterocycles. The van der Waals surface area contributed by atoms with Crippen LogP contribution in [0.2, 0.25) is 0 Å². The predicted molar refractivity (Wildman–Crippen MR) is 67.1 cm³/mol. The van der Waals surface area contributed by atoms with Gasteiger partial charge in [0, 0.05) is 6.04 Å². The van der Waals surface area contributed by atoms with Crippen molar-refractivity contribution in [1.29, 1.82) is 0 Å². The van der Waals surface area contributed by atoms with Crippen LogP contribution in [-0.4, -0.2) is 24.1 Å². The molecular weight excluding hydrogens is 190 g/mol. The summed E-state index contributed by atoms with van der Waals surface area (Å²) in [5.74, 6) is 2.68. The molecule has 0 aliphatic heterocycles. The van der Waals surface area contributed by atoms with Crippen molar-refractivity contribution in [2.24, 2.45) is 0 Å². The first kappa shape index (κ1) is 12.4. The first-order valence-electron chi connectivity index (χ1n) is 6.24. The fourth-order valence-corrected chi connectivity index (χ4v) is 2.87. The van der Waals surface area contributed by atoms with E-state index in [2.05, 4.69) is 24.0 Å². The lowest BCUT2D eigenvalue weighted by Crippen LogP contribution is -2.31. The molecule has 1 aliphatic carbocycles. The summed E-state index contributed by atoms with van der Waals surface area (Å²) < 4.78 is 0. The topological polar surface area (TPSA) is 12.0 Å². The average molecular weight is 215 g/mol. The summed E-state index contributed by atoms with van der Waals surface area (Å²) in [5, 5.41) is 3.69. The van der Waals surface area contributed by atoms with Crippen LogP contribution in [-0.2, 0) is 0 Å². The smallest absolute Gasteiger partial charge is 0.00670 e. The molecule has 84 valence electrons. The monoisotopic (exact) mass is 215 g/mol. The van der Waals surface area contributed by atoms with Gasteiger partial charge >= 0.3 is 0 Å². The number of rotatable bonds is 7. The molecule has 0 aromatic carbocycles. The molecule has 1 saturated carbocycles. The van der Waals surface area contributed by atoms with Gasteiger partial charge in [-0.05, 0) is 43.7 Å². The van der Waals surface area contributed by atoms with E-state index in [1.54, 1.807) is 0 Å². The Hall–Kier alpha value is 0.310. The fraction of sp³-hybridized carbons (Fsp3) is 1.00. The molecule has 1 aliphatic rings. The molecular formula is C12H25NS. The molecule has 0 spiro atoms. The van der Waals surface area contributed by atoms with Crippen LogP contribution in [0, 0.1) is 0 Å². The summed E-state index contributed by atoms with van der Waals surface area (Å²) in [6, 6.07) is 0.847. The van der Waals surface area contributed by atoms with Gasteiger partial charge in [0.25, 0.3) is 0 Å². The van der Waals surface area contributed by atoms with Crippen LogP contribution < -0.4 is 5.32 Å². The third-order valence-corrected chi connectivity index (χ3v) is 4.13. The summed E-state index contributed by atoms with van der Waals surface area (Å²) in [5.41, 5.74) is 0. The SMILES string of the molecule is CCCSCCCNC1CCCCC1. The molecule has 0 saturated heterocycles. The van der Waals surface area contributed by atoms with E-state index in [1.807, 2.05) is 0 Å². The minimum Gasteiger partial charge on any atom is -0.314 e. The highest BCUT2D eigenvalue weighted by Crippen LogP contribution is 2.17. The zero-order valence-electron chi connectivity index (χ0n) is 9.56. The Morgan fingerprint density at radius 2 is 1.93 bits per heavy atom. The molecule has 0 unspecified atom stereocenters. The van der Waals surface area contributed by atoms with E-state index in [4.69, 9.17) is 0 Å². The Balaban J connectivity index is 1.82. The minimum atomic E-state index is 0.847. The lowest BCUT2D eigenvalue weighted by atomic mass is 9.95. The van der Waals surface area contributed by atoms with Crippen LogP contribution in [0.1, 0.15) is 51.9 Å². The van der Waals surface area contributed by atoms with Crippen molar-refractivity contribution < 1.29 is 0 Å². The van der Waals surface area contributed by atoms with E-state index < -0.39 is 0 Å². The number of hydrogen-bond acceptors (Lipinski definition) is 2. The van der Waals surface area contributed by atoms with Crippen molar-refractivity contribution in [2.75, 3.05) is 18.1 Å². The maximum absolute atomic E-state index is 3.69. The molecule has 1 rings (SSSR count). The van der Waals surface area contributed by atoms with Crippen molar-refractivity contribution in [3.8, 4) is 0 Å². The van der Waals surface area contributed by atoms with Gasteiger partial charge in [-0.2, -0.15) is 11.8 Å². The molecule has 0 heterocycles. The van der Waals surface area contributed by atoms with E-state index in [0.717, 1.165) is 6.04 Å². The molecule has 0 amide bonds. The van der Waals surface area contributed by atoms with E-state index in [-0.39, 0.29) is 0 Å². The second-order valence-electron chi connectivity index (χ2n) is 4.25. The summed E-state index contributed by atoms with van der Waals surface area (Å²) in [4.78, 5) is 0. The Labute approximate surface area is 93.4 Å². The Bertz CT molecular complexity index is 121. The van der Waals surface area contributed by atoms with E-state index in [1.165, 1.54) is 63.0 Å². The third kappa shape index (κ3) is 5.92. The number of nitrogens with one attached hydrogen (secondary N) is 1. The number of hydrogen-bond donors (Lipinski definition) is 1. The lowest BCUT2D eigenvalue weighted by Gasteiger charge is -2.22. The summed E-state index contributed by atoms with van der Waals surface area (Å²) in [6.45, 7) is 3.49. The maximum atomic E-state index is 3.69. The maximum Gasteiger partial charge on any atom is 0.00670 e. The normalized spacial score (nSPS) is 18.6. The van der Waals surface area contributed by atoms with E-state index in [9.17, 15) is 0 Å². The third-order valence-electron chi connectivity index (χ3n) is 2.85. The summed E-state index contributed by atoms with van der Waals surface area (Å²) in [6.07, 6.45) is 9.86. The summed E-state index contributed by atoms with van der Waals surface area (Å²) >= 11 is 2.10. The first-order chi connectivity index (χ1) is 6.93. The van der Waals surface area contributed by atoms with Crippen LogP contribution in [0.5, 0.6) is 0 Å². The molecule has 2 heteroatoms. The minimum absolute atomic E-state index is 0.847. The van der Waals surface area contributed by atoms with Gasteiger partial charge in [0.2, 0.25) is 0 Å².